The number of nitrogens with zero attached hydrogens (tertiary/aromatic N) is 2. The predicted molar refractivity (Wildman–Crippen MR) is 101 cm³/mol. The van der Waals surface area contributed by atoms with Crippen LogP contribution in [0.4, 0.5) is 14.5 Å². The fraction of sp³-hybridized carbons (Fsp3) is 0.0952. The molecular weight excluding hydrogens is 364 g/mol. The van der Waals surface area contributed by atoms with Crippen molar-refractivity contribution in [3.8, 4) is 11.3 Å². The molecule has 0 spiro atoms. The number of hydrogen-bond donors (Lipinski definition) is 1. The van der Waals surface area contributed by atoms with E-state index in [4.69, 9.17) is 4.52 Å². The van der Waals surface area contributed by atoms with E-state index in [1.54, 1.807) is 13.0 Å². The molecular formula is C21H15F2N3O2. The first-order chi connectivity index (χ1) is 13.4. The quantitative estimate of drug-likeness (QED) is 0.542. The second kappa shape index (κ2) is 6.84. The van der Waals surface area contributed by atoms with Gasteiger partial charge in [0.15, 0.2) is 11.6 Å². The Morgan fingerprint density at radius 1 is 1.07 bits per heavy atom. The maximum Gasteiger partial charge on any atom is 0.259 e. The second-order valence-corrected chi connectivity index (χ2v) is 6.42. The number of aryl methyl sites for hydroxylation is 2. The molecule has 0 saturated carbocycles. The Bertz CT molecular complexity index is 1200. The molecule has 0 saturated heterocycles. The van der Waals surface area contributed by atoms with Gasteiger partial charge < -0.3 is 9.84 Å². The summed E-state index contributed by atoms with van der Waals surface area (Å²) in [4.78, 5) is 17.3. The molecule has 7 heteroatoms. The highest BCUT2D eigenvalue weighted by Gasteiger charge is 2.21. The lowest BCUT2D eigenvalue weighted by Crippen LogP contribution is -2.14. The van der Waals surface area contributed by atoms with Gasteiger partial charge in [0.25, 0.3) is 11.6 Å². The number of aromatic nitrogens is 2. The van der Waals surface area contributed by atoms with Crippen molar-refractivity contribution in [3.63, 3.8) is 0 Å². The van der Waals surface area contributed by atoms with Gasteiger partial charge in [0.1, 0.15) is 0 Å². The Morgan fingerprint density at radius 2 is 1.82 bits per heavy atom. The van der Waals surface area contributed by atoms with Crippen LogP contribution in [-0.4, -0.2) is 16.0 Å². The van der Waals surface area contributed by atoms with Gasteiger partial charge >= 0.3 is 0 Å². The third-order valence-electron chi connectivity index (χ3n) is 4.41. The Balaban J connectivity index is 1.82. The summed E-state index contributed by atoms with van der Waals surface area (Å²) in [7, 11) is 0. The van der Waals surface area contributed by atoms with E-state index >= 15 is 0 Å². The lowest BCUT2D eigenvalue weighted by molar-refractivity contribution is 0.102. The van der Waals surface area contributed by atoms with Crippen LogP contribution >= 0.6 is 0 Å². The molecule has 2 aromatic heterocycles. The third-order valence-corrected chi connectivity index (χ3v) is 4.41. The van der Waals surface area contributed by atoms with Crippen molar-refractivity contribution in [2.24, 2.45) is 0 Å². The van der Waals surface area contributed by atoms with E-state index in [2.05, 4.69) is 15.5 Å². The van der Waals surface area contributed by atoms with Crippen LogP contribution in [0.25, 0.3) is 22.4 Å². The van der Waals surface area contributed by atoms with Crippen LogP contribution in [0.5, 0.6) is 0 Å². The van der Waals surface area contributed by atoms with E-state index in [1.165, 1.54) is 12.1 Å². The van der Waals surface area contributed by atoms with Crippen molar-refractivity contribution in [1.82, 2.24) is 10.1 Å². The van der Waals surface area contributed by atoms with Crippen LogP contribution in [0, 0.1) is 25.5 Å². The number of nitrogens with one attached hydrogen (secondary N) is 1. The summed E-state index contributed by atoms with van der Waals surface area (Å²) >= 11 is 0. The van der Waals surface area contributed by atoms with Gasteiger partial charge in [0, 0.05) is 5.56 Å². The van der Waals surface area contributed by atoms with Crippen molar-refractivity contribution in [1.29, 1.82) is 0 Å². The molecule has 5 nitrogen and oxygen atoms in total. The summed E-state index contributed by atoms with van der Waals surface area (Å²) in [6.07, 6.45) is 0. The Kier molecular flexibility index (Phi) is 4.35. The van der Waals surface area contributed by atoms with Gasteiger partial charge in [-0.15, -0.1) is 0 Å². The first kappa shape index (κ1) is 17.8. The molecule has 0 fully saturated rings. The SMILES string of the molecule is Cc1ccc(-c2cc(C(=O)Nc3cccc(F)c3F)c3c(C)noc3n2)cc1. The van der Waals surface area contributed by atoms with Gasteiger partial charge in [0.2, 0.25) is 0 Å². The number of fused-ring (bicyclic) bond motifs is 1. The van der Waals surface area contributed by atoms with Crippen molar-refractivity contribution in [2.45, 2.75) is 13.8 Å². The molecule has 4 rings (SSSR count). The molecule has 0 aliphatic heterocycles. The van der Waals surface area contributed by atoms with E-state index in [0.717, 1.165) is 17.2 Å². The Labute approximate surface area is 159 Å². The summed E-state index contributed by atoms with van der Waals surface area (Å²) in [5.74, 6) is -2.78. The van der Waals surface area contributed by atoms with Crippen LogP contribution in [0.15, 0.2) is 53.1 Å². The molecule has 1 N–H and O–H groups in total. The number of amides is 1. The van der Waals surface area contributed by atoms with Crippen LogP contribution < -0.4 is 5.32 Å². The minimum Gasteiger partial charge on any atom is -0.335 e. The van der Waals surface area contributed by atoms with Crippen molar-refractivity contribution in [3.05, 3.63) is 77.0 Å². The lowest BCUT2D eigenvalue weighted by Gasteiger charge is -2.09. The monoisotopic (exact) mass is 379 g/mol. The zero-order chi connectivity index (χ0) is 19.8. The van der Waals surface area contributed by atoms with E-state index < -0.39 is 17.5 Å². The molecule has 0 radical (unpaired) electrons. The topological polar surface area (TPSA) is 68.0 Å². The van der Waals surface area contributed by atoms with Crippen LogP contribution in [0.3, 0.4) is 0 Å². The number of halogens is 2. The fourth-order valence-corrected chi connectivity index (χ4v) is 2.94. The van der Waals surface area contributed by atoms with Crippen LogP contribution in [-0.2, 0) is 0 Å². The molecule has 0 aliphatic rings. The highest BCUT2D eigenvalue weighted by molar-refractivity contribution is 6.13. The fourth-order valence-electron chi connectivity index (χ4n) is 2.94. The highest BCUT2D eigenvalue weighted by Crippen LogP contribution is 2.28. The van der Waals surface area contributed by atoms with Crippen molar-refractivity contribution < 1.29 is 18.1 Å². The maximum absolute atomic E-state index is 14.0. The number of hydrogen-bond acceptors (Lipinski definition) is 4. The maximum atomic E-state index is 14.0. The lowest BCUT2D eigenvalue weighted by atomic mass is 10.0. The molecule has 2 aromatic carbocycles. The van der Waals surface area contributed by atoms with Crippen molar-refractivity contribution >= 4 is 22.7 Å². The van der Waals surface area contributed by atoms with Gasteiger partial charge in [-0.3, -0.25) is 4.79 Å². The minimum absolute atomic E-state index is 0.195. The largest absolute Gasteiger partial charge is 0.335 e. The summed E-state index contributed by atoms with van der Waals surface area (Å²) < 4.78 is 32.7. The number of carbonyl (C=O) groups excluding carboxylic acids is 1. The van der Waals surface area contributed by atoms with E-state index in [1.807, 2.05) is 31.2 Å². The molecule has 140 valence electrons. The summed E-state index contributed by atoms with van der Waals surface area (Å²) in [5.41, 5.74) is 3.01. The third kappa shape index (κ3) is 3.11. The van der Waals surface area contributed by atoms with Crippen molar-refractivity contribution in [2.75, 3.05) is 5.32 Å². The van der Waals surface area contributed by atoms with Gasteiger partial charge in [-0.1, -0.05) is 41.1 Å². The van der Waals surface area contributed by atoms with E-state index in [-0.39, 0.29) is 17.0 Å². The van der Waals surface area contributed by atoms with Gasteiger partial charge in [-0.2, -0.15) is 0 Å². The highest BCUT2D eigenvalue weighted by atomic mass is 19.2. The standard InChI is InChI=1S/C21H15F2N3O2/c1-11-6-8-13(9-7-11)17-10-14(18-12(2)26-28-21(18)25-17)20(27)24-16-5-3-4-15(22)19(16)23/h3-10H,1-2H3,(H,24,27). The normalized spacial score (nSPS) is 11.0. The zero-order valence-corrected chi connectivity index (χ0v) is 15.1. The van der Waals surface area contributed by atoms with E-state index in [0.29, 0.717) is 16.8 Å². The number of benzene rings is 2. The molecule has 2 heterocycles. The minimum atomic E-state index is -1.12. The average Bonchev–Trinajstić information content (AvgIpc) is 3.06. The number of anilines is 1. The van der Waals surface area contributed by atoms with Crippen LogP contribution in [0.1, 0.15) is 21.6 Å². The molecule has 0 atom stereocenters. The molecule has 0 bridgehead atoms. The average molecular weight is 379 g/mol. The Hall–Kier alpha value is -3.61. The molecule has 1 amide bonds. The predicted octanol–water partition coefficient (Wildman–Crippen LogP) is 5.04. The van der Waals surface area contributed by atoms with Gasteiger partial charge in [-0.05, 0) is 32.0 Å². The first-order valence-electron chi connectivity index (χ1n) is 8.53. The van der Waals surface area contributed by atoms with Gasteiger partial charge in [-0.25, -0.2) is 13.8 Å². The number of carbonyl (C=O) groups is 1. The summed E-state index contributed by atoms with van der Waals surface area (Å²) in [6, 6.07) is 12.8. The second-order valence-electron chi connectivity index (χ2n) is 6.42. The molecule has 4 aromatic rings. The molecule has 0 aliphatic carbocycles. The molecule has 28 heavy (non-hydrogen) atoms. The molecule has 0 unspecified atom stereocenters. The Morgan fingerprint density at radius 3 is 2.57 bits per heavy atom. The summed E-state index contributed by atoms with van der Waals surface area (Å²) in [5, 5.41) is 6.71. The smallest absolute Gasteiger partial charge is 0.259 e. The number of rotatable bonds is 3. The summed E-state index contributed by atoms with van der Waals surface area (Å²) in [6.45, 7) is 3.64. The van der Waals surface area contributed by atoms with Crippen LogP contribution in [0.2, 0.25) is 0 Å². The first-order valence-corrected chi connectivity index (χ1v) is 8.53. The van der Waals surface area contributed by atoms with E-state index in [9.17, 15) is 13.6 Å². The van der Waals surface area contributed by atoms with Gasteiger partial charge in [0.05, 0.1) is 28.0 Å². The zero-order valence-electron chi connectivity index (χ0n) is 15.1. The number of pyridine rings is 1.